The maximum Gasteiger partial charge on any atom is 0.271 e. The van der Waals surface area contributed by atoms with Crippen molar-refractivity contribution in [1.82, 2.24) is 14.8 Å². The molecule has 2 aromatic rings. The second kappa shape index (κ2) is 3.02. The van der Waals surface area contributed by atoms with Crippen molar-refractivity contribution in [3.63, 3.8) is 0 Å². The summed E-state index contributed by atoms with van der Waals surface area (Å²) in [4.78, 5) is 13.7. The molecule has 2 heterocycles. The van der Waals surface area contributed by atoms with Crippen LogP contribution in [0.1, 0.15) is 0 Å². The first-order valence-corrected chi connectivity index (χ1v) is 4.14. The van der Waals surface area contributed by atoms with Gasteiger partial charge in [0.1, 0.15) is 5.69 Å². The van der Waals surface area contributed by atoms with E-state index in [2.05, 4.69) is 10.1 Å². The lowest BCUT2D eigenvalue weighted by atomic mass is 10.1. The van der Waals surface area contributed by atoms with Crippen molar-refractivity contribution in [2.24, 2.45) is 7.05 Å². The van der Waals surface area contributed by atoms with Crippen molar-refractivity contribution < 1.29 is 0 Å². The van der Waals surface area contributed by atoms with Gasteiger partial charge in [-0.05, 0) is 6.07 Å². The SMILES string of the molecule is Cn1cc(-c2cc[nH]c(=O)c2N)cn1. The van der Waals surface area contributed by atoms with Gasteiger partial charge in [0.05, 0.1) is 6.20 Å². The van der Waals surface area contributed by atoms with Crippen LogP contribution in [0, 0.1) is 0 Å². The fourth-order valence-electron chi connectivity index (χ4n) is 1.30. The number of pyridine rings is 1. The second-order valence-electron chi connectivity index (χ2n) is 3.04. The van der Waals surface area contributed by atoms with Crippen LogP contribution in [0.25, 0.3) is 11.1 Å². The molecule has 5 nitrogen and oxygen atoms in total. The average molecular weight is 190 g/mol. The van der Waals surface area contributed by atoms with Crippen molar-refractivity contribution in [3.05, 3.63) is 35.0 Å². The van der Waals surface area contributed by atoms with Crippen molar-refractivity contribution in [2.75, 3.05) is 5.73 Å². The van der Waals surface area contributed by atoms with Crippen LogP contribution in [-0.4, -0.2) is 14.8 Å². The minimum Gasteiger partial charge on any atom is -0.394 e. The Bertz CT molecular complexity index is 512. The van der Waals surface area contributed by atoms with Crippen LogP contribution in [0.3, 0.4) is 0 Å². The van der Waals surface area contributed by atoms with E-state index in [1.54, 1.807) is 23.1 Å². The van der Waals surface area contributed by atoms with E-state index in [0.29, 0.717) is 5.56 Å². The largest absolute Gasteiger partial charge is 0.394 e. The van der Waals surface area contributed by atoms with Gasteiger partial charge in [0.15, 0.2) is 0 Å². The molecule has 0 spiro atoms. The number of H-pyrrole nitrogens is 1. The molecule has 0 aromatic carbocycles. The first kappa shape index (κ1) is 8.55. The maximum atomic E-state index is 11.2. The zero-order chi connectivity index (χ0) is 10.1. The van der Waals surface area contributed by atoms with E-state index < -0.39 is 0 Å². The molecular weight excluding hydrogens is 180 g/mol. The van der Waals surface area contributed by atoms with Crippen LogP contribution in [-0.2, 0) is 7.05 Å². The number of rotatable bonds is 1. The lowest BCUT2D eigenvalue weighted by molar-refractivity contribution is 0.768. The Hall–Kier alpha value is -2.04. The van der Waals surface area contributed by atoms with Crippen LogP contribution in [0.2, 0.25) is 0 Å². The van der Waals surface area contributed by atoms with Crippen LogP contribution in [0.15, 0.2) is 29.5 Å². The Kier molecular flexibility index (Phi) is 1.85. The molecule has 0 bridgehead atoms. The zero-order valence-electron chi connectivity index (χ0n) is 7.69. The van der Waals surface area contributed by atoms with Crippen molar-refractivity contribution in [3.8, 4) is 11.1 Å². The smallest absolute Gasteiger partial charge is 0.271 e. The molecule has 0 radical (unpaired) electrons. The van der Waals surface area contributed by atoms with Crippen molar-refractivity contribution in [1.29, 1.82) is 0 Å². The van der Waals surface area contributed by atoms with E-state index in [4.69, 9.17) is 5.73 Å². The molecule has 0 fully saturated rings. The predicted octanol–water partition coefficient (Wildman–Crippen LogP) is 0.358. The molecule has 72 valence electrons. The molecule has 5 heteroatoms. The third-order valence-corrected chi connectivity index (χ3v) is 2.02. The van der Waals surface area contributed by atoms with Gasteiger partial charge in [-0.3, -0.25) is 9.48 Å². The zero-order valence-corrected chi connectivity index (χ0v) is 7.69. The summed E-state index contributed by atoms with van der Waals surface area (Å²) in [5, 5.41) is 4.01. The molecular formula is C9H10N4O. The number of anilines is 1. The van der Waals surface area contributed by atoms with Gasteiger partial charge in [0.25, 0.3) is 5.56 Å². The first-order valence-electron chi connectivity index (χ1n) is 4.14. The Labute approximate surface area is 80.2 Å². The van der Waals surface area contributed by atoms with Gasteiger partial charge in [-0.1, -0.05) is 0 Å². The maximum absolute atomic E-state index is 11.2. The summed E-state index contributed by atoms with van der Waals surface area (Å²) in [6.07, 6.45) is 5.05. The first-order chi connectivity index (χ1) is 6.68. The number of hydrogen-bond donors (Lipinski definition) is 2. The Balaban J connectivity index is 2.63. The number of nitrogens with one attached hydrogen (secondary N) is 1. The molecule has 0 aliphatic carbocycles. The standard InChI is InChI=1S/C9H10N4O/c1-13-5-6(4-12-13)7-2-3-11-9(14)8(7)10/h2-5H,10H2,1H3,(H,11,14). The molecule has 0 unspecified atom stereocenters. The van der Waals surface area contributed by atoms with Gasteiger partial charge >= 0.3 is 0 Å². The predicted molar refractivity (Wildman–Crippen MR) is 53.7 cm³/mol. The fourth-order valence-corrected chi connectivity index (χ4v) is 1.30. The molecule has 0 aliphatic heterocycles. The lowest BCUT2D eigenvalue weighted by Gasteiger charge is -1.99. The van der Waals surface area contributed by atoms with E-state index >= 15 is 0 Å². The minimum atomic E-state index is -0.272. The summed E-state index contributed by atoms with van der Waals surface area (Å²) < 4.78 is 1.66. The highest BCUT2D eigenvalue weighted by Gasteiger charge is 2.06. The van der Waals surface area contributed by atoms with Crippen LogP contribution in [0.5, 0.6) is 0 Å². The third-order valence-electron chi connectivity index (χ3n) is 2.02. The molecule has 0 saturated heterocycles. The summed E-state index contributed by atoms with van der Waals surface area (Å²) in [5.41, 5.74) is 7.15. The summed E-state index contributed by atoms with van der Waals surface area (Å²) >= 11 is 0. The molecule has 3 N–H and O–H groups in total. The second-order valence-corrected chi connectivity index (χ2v) is 3.04. The summed E-state index contributed by atoms with van der Waals surface area (Å²) in [6, 6.07) is 1.76. The van der Waals surface area contributed by atoms with E-state index in [9.17, 15) is 4.79 Å². The topological polar surface area (TPSA) is 76.7 Å². The van der Waals surface area contributed by atoms with Crippen LogP contribution >= 0.6 is 0 Å². The lowest BCUT2D eigenvalue weighted by Crippen LogP contribution is -2.11. The summed E-state index contributed by atoms with van der Waals surface area (Å²) in [5.74, 6) is 0. The molecule has 0 aliphatic rings. The third kappa shape index (κ3) is 1.28. The van der Waals surface area contributed by atoms with E-state index in [-0.39, 0.29) is 11.2 Å². The molecule has 0 saturated carbocycles. The molecule has 2 aromatic heterocycles. The average Bonchev–Trinajstić information content (AvgIpc) is 2.57. The summed E-state index contributed by atoms with van der Waals surface area (Å²) in [6.45, 7) is 0. The highest BCUT2D eigenvalue weighted by molar-refractivity contribution is 5.74. The highest BCUT2D eigenvalue weighted by Crippen LogP contribution is 2.20. The fraction of sp³-hybridized carbons (Fsp3) is 0.111. The van der Waals surface area contributed by atoms with Gasteiger partial charge < -0.3 is 10.7 Å². The minimum absolute atomic E-state index is 0.223. The van der Waals surface area contributed by atoms with Gasteiger partial charge in [-0.2, -0.15) is 5.10 Å². The molecule has 0 amide bonds. The Morgan fingerprint density at radius 1 is 1.57 bits per heavy atom. The number of nitrogen functional groups attached to an aromatic ring is 1. The number of nitrogens with zero attached hydrogens (tertiary/aromatic N) is 2. The van der Waals surface area contributed by atoms with Crippen LogP contribution in [0.4, 0.5) is 5.69 Å². The molecule has 2 rings (SSSR count). The molecule has 14 heavy (non-hydrogen) atoms. The van der Waals surface area contributed by atoms with Crippen LogP contribution < -0.4 is 11.3 Å². The van der Waals surface area contributed by atoms with Gasteiger partial charge in [-0.25, -0.2) is 0 Å². The number of nitrogens with two attached hydrogens (primary N) is 1. The van der Waals surface area contributed by atoms with Gasteiger partial charge in [0, 0.05) is 30.6 Å². The van der Waals surface area contributed by atoms with Gasteiger partial charge in [0.2, 0.25) is 0 Å². The number of aryl methyl sites for hydroxylation is 1. The summed E-state index contributed by atoms with van der Waals surface area (Å²) in [7, 11) is 1.81. The monoisotopic (exact) mass is 190 g/mol. The number of aromatic nitrogens is 3. The molecule has 0 atom stereocenters. The van der Waals surface area contributed by atoms with E-state index in [1.165, 1.54) is 0 Å². The van der Waals surface area contributed by atoms with Crippen molar-refractivity contribution >= 4 is 5.69 Å². The van der Waals surface area contributed by atoms with Crippen molar-refractivity contribution in [2.45, 2.75) is 0 Å². The van der Waals surface area contributed by atoms with E-state index in [0.717, 1.165) is 5.56 Å². The number of aromatic amines is 1. The quantitative estimate of drug-likeness (QED) is 0.681. The Morgan fingerprint density at radius 2 is 2.36 bits per heavy atom. The highest BCUT2D eigenvalue weighted by atomic mass is 16.1. The Morgan fingerprint density at radius 3 is 3.00 bits per heavy atom. The van der Waals surface area contributed by atoms with Gasteiger partial charge in [-0.15, -0.1) is 0 Å². The normalized spacial score (nSPS) is 10.4. The van der Waals surface area contributed by atoms with E-state index in [1.807, 2.05) is 13.2 Å². The number of hydrogen-bond acceptors (Lipinski definition) is 3.